The molecule has 0 atom stereocenters. The lowest BCUT2D eigenvalue weighted by molar-refractivity contribution is -0.384. The van der Waals surface area contributed by atoms with E-state index in [0.29, 0.717) is 0 Å². The number of carbonyl (C=O) groups is 1. The van der Waals surface area contributed by atoms with Crippen LogP contribution in [-0.4, -0.2) is 24.1 Å². The number of hydrogen-bond donors (Lipinski definition) is 0. The van der Waals surface area contributed by atoms with Crippen molar-refractivity contribution in [3.8, 4) is 5.75 Å². The van der Waals surface area contributed by atoms with Gasteiger partial charge in [0.05, 0.1) is 12.0 Å². The van der Waals surface area contributed by atoms with Gasteiger partial charge in [0, 0.05) is 12.1 Å². The third-order valence-electron chi connectivity index (χ3n) is 3.44. The molecule has 1 fully saturated rings. The normalized spacial score (nSPS) is 15.7. The molecule has 0 amide bonds. The second kappa shape index (κ2) is 6.36. The Morgan fingerprint density at radius 3 is 2.60 bits per heavy atom. The molecule has 1 aromatic rings. The number of hydrogen-bond acceptors (Lipinski definition) is 5. The molecule has 2 rings (SSSR count). The number of non-ortho nitro benzene ring substituents is 1. The highest BCUT2D eigenvalue weighted by Crippen LogP contribution is 2.27. The average Bonchev–Trinajstić information content (AvgIpc) is 2.47. The van der Waals surface area contributed by atoms with Gasteiger partial charge < -0.3 is 9.47 Å². The first-order valence-corrected chi connectivity index (χ1v) is 6.65. The number of rotatable bonds is 4. The van der Waals surface area contributed by atoms with Crippen molar-refractivity contribution in [3.05, 3.63) is 33.9 Å². The maximum atomic E-state index is 12.1. The number of esters is 1. The van der Waals surface area contributed by atoms with E-state index in [1.807, 2.05) is 0 Å². The largest absolute Gasteiger partial charge is 0.496 e. The lowest BCUT2D eigenvalue weighted by Gasteiger charge is -2.22. The van der Waals surface area contributed by atoms with Gasteiger partial charge in [-0.05, 0) is 31.7 Å². The smallest absolute Gasteiger partial charge is 0.342 e. The van der Waals surface area contributed by atoms with Gasteiger partial charge in [-0.25, -0.2) is 4.79 Å². The zero-order valence-electron chi connectivity index (χ0n) is 11.3. The molecule has 0 unspecified atom stereocenters. The molecule has 20 heavy (non-hydrogen) atoms. The molecule has 0 bridgehead atoms. The molecule has 1 saturated carbocycles. The van der Waals surface area contributed by atoms with Crippen LogP contribution in [0.4, 0.5) is 5.69 Å². The zero-order valence-corrected chi connectivity index (χ0v) is 11.3. The van der Waals surface area contributed by atoms with E-state index in [4.69, 9.17) is 9.47 Å². The van der Waals surface area contributed by atoms with Crippen molar-refractivity contribution in [1.82, 2.24) is 0 Å². The molecule has 0 heterocycles. The van der Waals surface area contributed by atoms with E-state index in [-0.39, 0.29) is 23.1 Å². The average molecular weight is 279 g/mol. The van der Waals surface area contributed by atoms with Crippen molar-refractivity contribution >= 4 is 11.7 Å². The number of nitrogens with zero attached hydrogens (tertiary/aromatic N) is 1. The minimum absolute atomic E-state index is 0.0970. The Morgan fingerprint density at radius 1 is 1.30 bits per heavy atom. The molecule has 108 valence electrons. The van der Waals surface area contributed by atoms with E-state index in [0.717, 1.165) is 32.1 Å². The van der Waals surface area contributed by atoms with Crippen LogP contribution in [0.3, 0.4) is 0 Å². The molecule has 1 aliphatic carbocycles. The molecule has 0 radical (unpaired) electrons. The fourth-order valence-electron chi connectivity index (χ4n) is 2.37. The van der Waals surface area contributed by atoms with E-state index in [2.05, 4.69) is 0 Å². The topological polar surface area (TPSA) is 78.7 Å². The molecular formula is C14H17NO5. The summed E-state index contributed by atoms with van der Waals surface area (Å²) in [6, 6.07) is 3.91. The standard InChI is InChI=1S/C14H17NO5/c1-19-13-8-7-10(15(17)18)9-12(13)14(16)20-11-5-3-2-4-6-11/h7-9,11H,2-6H2,1H3. The maximum Gasteiger partial charge on any atom is 0.342 e. The Bertz CT molecular complexity index is 508. The summed E-state index contributed by atoms with van der Waals surface area (Å²) in [4.78, 5) is 22.4. The number of nitro groups is 1. The molecule has 6 heteroatoms. The van der Waals surface area contributed by atoms with Gasteiger partial charge in [-0.1, -0.05) is 6.42 Å². The van der Waals surface area contributed by atoms with Gasteiger partial charge in [-0.2, -0.15) is 0 Å². The number of benzene rings is 1. The predicted octanol–water partition coefficient (Wildman–Crippen LogP) is 3.09. The molecule has 0 aliphatic heterocycles. The Morgan fingerprint density at radius 2 is 2.00 bits per heavy atom. The minimum atomic E-state index is -0.558. The summed E-state index contributed by atoms with van der Waals surface area (Å²) in [7, 11) is 1.42. The molecule has 0 N–H and O–H groups in total. The second-order valence-electron chi connectivity index (χ2n) is 4.81. The van der Waals surface area contributed by atoms with E-state index in [1.165, 1.54) is 25.3 Å². The Hall–Kier alpha value is -2.11. The van der Waals surface area contributed by atoms with Crippen LogP contribution in [-0.2, 0) is 4.74 Å². The van der Waals surface area contributed by atoms with Crippen molar-refractivity contribution in [2.75, 3.05) is 7.11 Å². The Labute approximate surface area is 116 Å². The van der Waals surface area contributed by atoms with Crippen LogP contribution in [0.2, 0.25) is 0 Å². The molecule has 6 nitrogen and oxygen atoms in total. The molecule has 0 aromatic heterocycles. The summed E-state index contributed by atoms with van der Waals surface area (Å²) in [5, 5.41) is 10.8. The van der Waals surface area contributed by atoms with Crippen LogP contribution in [0.25, 0.3) is 0 Å². The van der Waals surface area contributed by atoms with Crippen LogP contribution in [0, 0.1) is 10.1 Å². The summed E-state index contributed by atoms with van der Waals surface area (Å²) in [6.07, 6.45) is 4.86. The van der Waals surface area contributed by atoms with Crippen LogP contribution in [0.5, 0.6) is 5.75 Å². The van der Waals surface area contributed by atoms with Crippen LogP contribution in [0.15, 0.2) is 18.2 Å². The first-order chi connectivity index (χ1) is 9.61. The number of nitro benzene ring substituents is 1. The van der Waals surface area contributed by atoms with Gasteiger partial charge in [0.1, 0.15) is 17.4 Å². The van der Waals surface area contributed by atoms with Gasteiger partial charge in [0.2, 0.25) is 0 Å². The fraction of sp³-hybridized carbons (Fsp3) is 0.500. The maximum absolute atomic E-state index is 12.1. The SMILES string of the molecule is COc1ccc([N+](=O)[O-])cc1C(=O)OC1CCCCC1. The van der Waals surface area contributed by atoms with Gasteiger partial charge in [-0.3, -0.25) is 10.1 Å². The molecular weight excluding hydrogens is 262 g/mol. The second-order valence-corrected chi connectivity index (χ2v) is 4.81. The summed E-state index contributed by atoms with van der Waals surface area (Å²) in [5.41, 5.74) is -0.0475. The van der Waals surface area contributed by atoms with E-state index in [1.54, 1.807) is 0 Å². The van der Waals surface area contributed by atoms with Crippen LogP contribution in [0.1, 0.15) is 42.5 Å². The van der Waals surface area contributed by atoms with Gasteiger partial charge >= 0.3 is 5.97 Å². The highest BCUT2D eigenvalue weighted by atomic mass is 16.6. The van der Waals surface area contributed by atoms with Crippen molar-refractivity contribution in [2.45, 2.75) is 38.2 Å². The van der Waals surface area contributed by atoms with Crippen molar-refractivity contribution < 1.29 is 19.2 Å². The van der Waals surface area contributed by atoms with Gasteiger partial charge in [-0.15, -0.1) is 0 Å². The Balaban J connectivity index is 2.18. The van der Waals surface area contributed by atoms with E-state index >= 15 is 0 Å². The quantitative estimate of drug-likeness (QED) is 0.480. The van der Waals surface area contributed by atoms with Crippen molar-refractivity contribution in [1.29, 1.82) is 0 Å². The van der Waals surface area contributed by atoms with Crippen LogP contribution >= 0.6 is 0 Å². The lowest BCUT2D eigenvalue weighted by atomic mass is 9.98. The summed E-state index contributed by atoms with van der Waals surface area (Å²) in [6.45, 7) is 0. The molecule has 0 spiro atoms. The molecule has 0 saturated heterocycles. The monoisotopic (exact) mass is 279 g/mol. The van der Waals surface area contributed by atoms with Crippen molar-refractivity contribution in [3.63, 3.8) is 0 Å². The highest BCUT2D eigenvalue weighted by Gasteiger charge is 2.23. The number of ether oxygens (including phenoxy) is 2. The predicted molar refractivity (Wildman–Crippen MR) is 71.9 cm³/mol. The van der Waals surface area contributed by atoms with Crippen molar-refractivity contribution in [2.24, 2.45) is 0 Å². The summed E-state index contributed by atoms with van der Waals surface area (Å²) in [5.74, 6) is -0.270. The summed E-state index contributed by atoms with van der Waals surface area (Å²) >= 11 is 0. The number of carbonyl (C=O) groups excluding carboxylic acids is 1. The third-order valence-corrected chi connectivity index (χ3v) is 3.44. The molecule has 1 aromatic carbocycles. The third kappa shape index (κ3) is 3.26. The van der Waals surface area contributed by atoms with Crippen LogP contribution < -0.4 is 4.74 Å². The summed E-state index contributed by atoms with van der Waals surface area (Å²) < 4.78 is 10.5. The fourth-order valence-corrected chi connectivity index (χ4v) is 2.37. The van der Waals surface area contributed by atoms with Gasteiger partial charge in [0.15, 0.2) is 0 Å². The minimum Gasteiger partial charge on any atom is -0.496 e. The highest BCUT2D eigenvalue weighted by molar-refractivity contribution is 5.93. The van der Waals surface area contributed by atoms with E-state index < -0.39 is 10.9 Å². The Kier molecular flexibility index (Phi) is 4.55. The zero-order chi connectivity index (χ0) is 14.5. The lowest BCUT2D eigenvalue weighted by Crippen LogP contribution is -2.21. The molecule has 1 aliphatic rings. The first-order valence-electron chi connectivity index (χ1n) is 6.65. The van der Waals surface area contributed by atoms with Gasteiger partial charge in [0.25, 0.3) is 5.69 Å². The number of methoxy groups -OCH3 is 1. The first kappa shape index (κ1) is 14.3. The van der Waals surface area contributed by atoms with E-state index in [9.17, 15) is 14.9 Å².